The van der Waals surface area contributed by atoms with Gasteiger partial charge in [-0.3, -0.25) is 14.8 Å². The molecule has 0 saturated heterocycles. The molecule has 1 amide bonds. The first-order valence-electron chi connectivity index (χ1n) is 7.42. The van der Waals surface area contributed by atoms with Gasteiger partial charge in [0.2, 0.25) is 0 Å². The van der Waals surface area contributed by atoms with Crippen molar-refractivity contribution in [1.82, 2.24) is 19.7 Å². The van der Waals surface area contributed by atoms with Crippen LogP contribution in [0.5, 0.6) is 0 Å². The molecule has 4 aromatic rings. The SMILES string of the molecule is Cn1cc(-c2cnc(Br)c3nc(NC(=O)c4ccccc4)sc23)cn1. The third-order valence-electron chi connectivity index (χ3n) is 3.65. The molecule has 0 aliphatic carbocycles. The van der Waals surface area contributed by atoms with E-state index < -0.39 is 0 Å². The maximum atomic E-state index is 12.3. The van der Waals surface area contributed by atoms with Gasteiger partial charge in [-0.1, -0.05) is 29.5 Å². The highest BCUT2D eigenvalue weighted by Crippen LogP contribution is 2.37. The minimum absolute atomic E-state index is 0.188. The van der Waals surface area contributed by atoms with E-state index >= 15 is 0 Å². The Bertz CT molecular complexity index is 1070. The van der Waals surface area contributed by atoms with Crippen molar-refractivity contribution in [2.75, 3.05) is 5.32 Å². The molecular weight excluding hydrogens is 402 g/mol. The number of rotatable bonds is 3. The van der Waals surface area contributed by atoms with Gasteiger partial charge in [0.25, 0.3) is 5.91 Å². The van der Waals surface area contributed by atoms with E-state index in [-0.39, 0.29) is 5.91 Å². The van der Waals surface area contributed by atoms with Gasteiger partial charge in [0.1, 0.15) is 10.1 Å². The zero-order valence-electron chi connectivity index (χ0n) is 13.1. The fourth-order valence-electron chi connectivity index (χ4n) is 2.46. The maximum absolute atomic E-state index is 12.3. The molecule has 0 saturated carbocycles. The molecule has 0 spiro atoms. The predicted octanol–water partition coefficient (Wildman–Crippen LogP) is 4.11. The molecule has 4 rings (SSSR count). The third-order valence-corrected chi connectivity index (χ3v) is 5.23. The van der Waals surface area contributed by atoms with E-state index in [2.05, 4.69) is 36.3 Å². The van der Waals surface area contributed by atoms with Gasteiger partial charge in [-0.05, 0) is 28.1 Å². The number of aryl methyl sites for hydroxylation is 1. The van der Waals surface area contributed by atoms with Crippen molar-refractivity contribution < 1.29 is 4.79 Å². The highest BCUT2D eigenvalue weighted by atomic mass is 79.9. The fraction of sp³-hybridized carbons (Fsp3) is 0.0588. The van der Waals surface area contributed by atoms with Gasteiger partial charge in [-0.2, -0.15) is 5.10 Å². The first kappa shape index (κ1) is 15.9. The Kier molecular flexibility index (Phi) is 4.06. The second-order valence-electron chi connectivity index (χ2n) is 5.38. The molecule has 0 aliphatic heterocycles. The van der Waals surface area contributed by atoms with E-state index in [4.69, 9.17) is 0 Å². The minimum atomic E-state index is -0.188. The molecule has 124 valence electrons. The van der Waals surface area contributed by atoms with E-state index in [1.165, 1.54) is 11.3 Å². The number of benzene rings is 1. The van der Waals surface area contributed by atoms with Crippen LogP contribution in [0.1, 0.15) is 10.4 Å². The van der Waals surface area contributed by atoms with Crippen LogP contribution in [0.2, 0.25) is 0 Å². The molecule has 1 aromatic carbocycles. The van der Waals surface area contributed by atoms with Crippen LogP contribution < -0.4 is 5.32 Å². The topological polar surface area (TPSA) is 72.7 Å². The highest BCUT2D eigenvalue weighted by Gasteiger charge is 2.16. The molecule has 0 fully saturated rings. The normalized spacial score (nSPS) is 11.0. The first-order chi connectivity index (χ1) is 12.1. The van der Waals surface area contributed by atoms with Crippen molar-refractivity contribution in [3.05, 3.63) is 59.1 Å². The van der Waals surface area contributed by atoms with Crippen LogP contribution in [0.3, 0.4) is 0 Å². The number of fused-ring (bicyclic) bond motifs is 1. The molecule has 0 unspecified atom stereocenters. The molecule has 1 N–H and O–H groups in total. The van der Waals surface area contributed by atoms with Crippen molar-refractivity contribution in [2.24, 2.45) is 7.05 Å². The van der Waals surface area contributed by atoms with E-state index in [0.29, 0.717) is 15.3 Å². The Morgan fingerprint density at radius 3 is 2.76 bits per heavy atom. The zero-order valence-corrected chi connectivity index (χ0v) is 15.5. The lowest BCUT2D eigenvalue weighted by Gasteiger charge is -2.00. The lowest BCUT2D eigenvalue weighted by molar-refractivity contribution is 0.102. The van der Waals surface area contributed by atoms with Crippen LogP contribution in [0.4, 0.5) is 5.13 Å². The van der Waals surface area contributed by atoms with Crippen LogP contribution in [-0.4, -0.2) is 25.7 Å². The summed E-state index contributed by atoms with van der Waals surface area (Å²) in [7, 11) is 1.87. The summed E-state index contributed by atoms with van der Waals surface area (Å²) >= 11 is 4.85. The number of hydrogen-bond donors (Lipinski definition) is 1. The first-order valence-corrected chi connectivity index (χ1v) is 9.03. The Morgan fingerprint density at radius 1 is 1.24 bits per heavy atom. The molecule has 0 bridgehead atoms. The Hall–Kier alpha value is -2.58. The van der Waals surface area contributed by atoms with Crippen molar-refractivity contribution in [3.63, 3.8) is 0 Å². The number of anilines is 1. The van der Waals surface area contributed by atoms with Gasteiger partial charge in [0.15, 0.2) is 5.13 Å². The van der Waals surface area contributed by atoms with E-state index in [1.54, 1.807) is 29.2 Å². The van der Waals surface area contributed by atoms with Crippen LogP contribution in [-0.2, 0) is 7.05 Å². The molecule has 0 radical (unpaired) electrons. The van der Waals surface area contributed by atoms with E-state index in [1.807, 2.05) is 31.4 Å². The third kappa shape index (κ3) is 3.06. The summed E-state index contributed by atoms with van der Waals surface area (Å²) in [5.41, 5.74) is 3.20. The lowest BCUT2D eigenvalue weighted by Crippen LogP contribution is -2.11. The second-order valence-corrected chi connectivity index (χ2v) is 7.13. The quantitative estimate of drug-likeness (QED) is 0.513. The molecule has 8 heteroatoms. The van der Waals surface area contributed by atoms with Crippen LogP contribution in [0.15, 0.2) is 53.5 Å². The van der Waals surface area contributed by atoms with E-state index in [9.17, 15) is 4.79 Å². The van der Waals surface area contributed by atoms with Gasteiger partial charge < -0.3 is 0 Å². The van der Waals surface area contributed by atoms with Crippen molar-refractivity contribution in [3.8, 4) is 11.1 Å². The number of thiazole rings is 1. The van der Waals surface area contributed by atoms with Gasteiger partial charge in [-0.25, -0.2) is 9.97 Å². The number of carbonyl (C=O) groups is 1. The summed E-state index contributed by atoms with van der Waals surface area (Å²) in [5, 5.41) is 7.60. The summed E-state index contributed by atoms with van der Waals surface area (Å²) in [4.78, 5) is 21.2. The summed E-state index contributed by atoms with van der Waals surface area (Å²) in [6, 6.07) is 9.06. The number of nitrogens with one attached hydrogen (secondary N) is 1. The van der Waals surface area contributed by atoms with Crippen LogP contribution >= 0.6 is 27.3 Å². The molecule has 6 nitrogen and oxygen atoms in total. The minimum Gasteiger partial charge on any atom is -0.298 e. The van der Waals surface area contributed by atoms with Crippen LogP contribution in [0, 0.1) is 0 Å². The standard InChI is InChI=1S/C17H12BrN5OS/c1-23-9-11(7-20-23)12-8-19-15(18)13-14(12)25-17(21-13)22-16(24)10-5-3-2-4-6-10/h2-9H,1H3,(H,21,22,24). The van der Waals surface area contributed by atoms with Gasteiger partial charge in [0, 0.05) is 36.1 Å². The smallest absolute Gasteiger partial charge is 0.257 e. The highest BCUT2D eigenvalue weighted by molar-refractivity contribution is 9.10. The van der Waals surface area contributed by atoms with Gasteiger partial charge >= 0.3 is 0 Å². The van der Waals surface area contributed by atoms with Gasteiger partial charge in [0.05, 0.1) is 10.9 Å². The Morgan fingerprint density at radius 2 is 2.04 bits per heavy atom. The average molecular weight is 414 g/mol. The summed E-state index contributed by atoms with van der Waals surface area (Å²) in [6.07, 6.45) is 5.49. The number of halogens is 1. The molecule has 0 atom stereocenters. The van der Waals surface area contributed by atoms with E-state index in [0.717, 1.165) is 21.3 Å². The summed E-state index contributed by atoms with van der Waals surface area (Å²) < 4.78 is 3.33. The van der Waals surface area contributed by atoms with Crippen molar-refractivity contribution in [1.29, 1.82) is 0 Å². The number of hydrogen-bond acceptors (Lipinski definition) is 5. The zero-order chi connectivity index (χ0) is 17.4. The number of nitrogens with zero attached hydrogens (tertiary/aromatic N) is 4. The number of carbonyl (C=O) groups excluding carboxylic acids is 1. The second kappa shape index (κ2) is 6.38. The number of aromatic nitrogens is 4. The summed E-state index contributed by atoms with van der Waals surface area (Å²) in [6.45, 7) is 0. The average Bonchev–Trinajstić information content (AvgIpc) is 3.23. The monoisotopic (exact) mass is 413 g/mol. The van der Waals surface area contributed by atoms with Gasteiger partial charge in [-0.15, -0.1) is 0 Å². The number of amides is 1. The Balaban J connectivity index is 1.75. The molecular formula is C17H12BrN5OS. The summed E-state index contributed by atoms with van der Waals surface area (Å²) in [5.74, 6) is -0.188. The molecule has 0 aliphatic rings. The maximum Gasteiger partial charge on any atom is 0.257 e. The Labute approximate surface area is 155 Å². The fourth-order valence-corrected chi connectivity index (χ4v) is 3.98. The lowest BCUT2D eigenvalue weighted by atomic mass is 10.1. The largest absolute Gasteiger partial charge is 0.298 e. The molecule has 3 aromatic heterocycles. The van der Waals surface area contributed by atoms with Crippen molar-refractivity contribution in [2.45, 2.75) is 0 Å². The predicted molar refractivity (Wildman–Crippen MR) is 102 cm³/mol. The molecule has 3 heterocycles. The molecule has 25 heavy (non-hydrogen) atoms. The number of pyridine rings is 1. The van der Waals surface area contributed by atoms with Crippen LogP contribution in [0.25, 0.3) is 21.3 Å². The van der Waals surface area contributed by atoms with Crippen molar-refractivity contribution >= 4 is 48.5 Å².